The number of hydrogen-bond donors (Lipinski definition) is 0. The number of amides is 2. The van der Waals surface area contributed by atoms with Gasteiger partial charge in [-0.1, -0.05) is 5.22 Å². The number of hydrogen-bond acceptors (Lipinski definition) is 6. The molecule has 0 aliphatic carbocycles. The molecule has 2 aliphatic rings. The third kappa shape index (κ3) is 2.77. The highest BCUT2D eigenvalue weighted by Gasteiger charge is 2.55. The van der Waals surface area contributed by atoms with Crippen LogP contribution in [0.25, 0.3) is 0 Å². The Morgan fingerprint density at radius 2 is 1.54 bits per heavy atom. The second-order valence-electron chi connectivity index (χ2n) is 6.19. The molecule has 2 amide bonds. The average Bonchev–Trinajstić information content (AvgIpc) is 3.22. The van der Waals surface area contributed by atoms with Crippen LogP contribution in [0.4, 0.5) is 24.5 Å². The third-order valence-corrected chi connectivity index (χ3v) is 4.57. The van der Waals surface area contributed by atoms with Gasteiger partial charge < -0.3 is 4.74 Å². The van der Waals surface area contributed by atoms with Gasteiger partial charge in [0, 0.05) is 0 Å². The monoisotopic (exact) mass is 390 g/mol. The lowest BCUT2D eigenvalue weighted by Gasteiger charge is -2.21. The Morgan fingerprint density at radius 1 is 0.929 bits per heavy atom. The largest absolute Gasteiger partial charge is 0.497 e. The molecule has 2 heterocycles. The quantitative estimate of drug-likeness (QED) is 0.755. The Bertz CT molecular complexity index is 958. The highest BCUT2D eigenvalue weighted by atomic mass is 19.4. The molecule has 0 N–H and O–H groups in total. The van der Waals surface area contributed by atoms with Gasteiger partial charge in [-0.25, -0.2) is 9.91 Å². The van der Waals surface area contributed by atoms with Gasteiger partial charge in [0.25, 0.3) is 11.8 Å². The van der Waals surface area contributed by atoms with Gasteiger partial charge in [-0.05, 0) is 48.5 Å². The zero-order valence-corrected chi connectivity index (χ0v) is 14.4. The number of rotatable bonds is 3. The Morgan fingerprint density at radius 3 is 2.11 bits per heavy atom. The first-order chi connectivity index (χ1) is 13.3. The van der Waals surface area contributed by atoms with Crippen LogP contribution in [0.2, 0.25) is 0 Å². The molecule has 2 aromatic carbocycles. The van der Waals surface area contributed by atoms with E-state index < -0.39 is 35.6 Å². The highest BCUT2D eigenvalue weighted by Crippen LogP contribution is 2.36. The maximum atomic E-state index is 12.9. The van der Waals surface area contributed by atoms with Crippen LogP contribution >= 0.6 is 0 Å². The van der Waals surface area contributed by atoms with E-state index in [1.165, 1.54) is 24.3 Å². The fraction of sp³-hybridized carbons (Fsp3) is 0.222. The summed E-state index contributed by atoms with van der Waals surface area (Å²) in [6.45, 7) is 0. The van der Waals surface area contributed by atoms with Gasteiger partial charge in [-0.2, -0.15) is 18.3 Å². The van der Waals surface area contributed by atoms with Crippen LogP contribution in [0.15, 0.2) is 58.9 Å². The smallest absolute Gasteiger partial charge is 0.416 e. The summed E-state index contributed by atoms with van der Waals surface area (Å²) in [6.07, 6.45) is -4.47. The summed E-state index contributed by atoms with van der Waals surface area (Å²) in [4.78, 5) is 26.6. The summed E-state index contributed by atoms with van der Waals surface area (Å²) in [6, 6.07) is 8.43. The van der Waals surface area contributed by atoms with Crippen molar-refractivity contribution in [1.29, 1.82) is 0 Å². The van der Waals surface area contributed by atoms with E-state index in [0.29, 0.717) is 11.4 Å². The van der Waals surface area contributed by atoms with E-state index in [2.05, 4.69) is 10.3 Å². The highest BCUT2D eigenvalue weighted by molar-refractivity contribution is 6.26. The molecular weight excluding hydrogens is 377 g/mol. The predicted octanol–water partition coefficient (Wildman–Crippen LogP) is 3.21. The lowest BCUT2D eigenvalue weighted by Crippen LogP contribution is -2.39. The van der Waals surface area contributed by atoms with Gasteiger partial charge in [0.15, 0.2) is 12.1 Å². The van der Waals surface area contributed by atoms with E-state index in [-0.39, 0.29) is 5.69 Å². The molecule has 4 rings (SSSR count). The van der Waals surface area contributed by atoms with Gasteiger partial charge in [-0.15, -0.1) is 0 Å². The van der Waals surface area contributed by atoms with Crippen LogP contribution in [0.3, 0.4) is 0 Å². The van der Waals surface area contributed by atoms with Gasteiger partial charge >= 0.3 is 6.18 Å². The van der Waals surface area contributed by atoms with Gasteiger partial charge in [0.1, 0.15) is 5.75 Å². The number of benzene rings is 2. The second kappa shape index (κ2) is 6.32. The predicted molar refractivity (Wildman–Crippen MR) is 91.8 cm³/mol. The first-order valence-corrected chi connectivity index (χ1v) is 8.20. The lowest BCUT2D eigenvalue weighted by atomic mass is 10.1. The lowest BCUT2D eigenvalue weighted by molar-refractivity contribution is -0.137. The molecule has 1 fully saturated rings. The summed E-state index contributed by atoms with van der Waals surface area (Å²) in [5.74, 6) is -0.530. The normalized spacial score (nSPS) is 21.4. The first-order valence-electron chi connectivity index (χ1n) is 8.20. The number of carbonyl (C=O) groups excluding carboxylic acids is 2. The van der Waals surface area contributed by atoms with Gasteiger partial charge in [0.2, 0.25) is 0 Å². The number of halogens is 3. The summed E-state index contributed by atoms with van der Waals surface area (Å²) in [5, 5.41) is 8.86. The molecule has 0 radical (unpaired) electrons. The first kappa shape index (κ1) is 18.0. The summed E-state index contributed by atoms with van der Waals surface area (Å²) < 4.78 is 43.3. The standard InChI is InChI=1S/C18H13F3N4O3/c1-28-13-8-6-11(7-9-13)24-16(26)14-15(17(24)27)25(23-22-14)12-4-2-10(3-5-12)18(19,20)21/h2-9,14-15H,1H3/t14-,15-/m0/s1. The van der Waals surface area contributed by atoms with E-state index in [1.54, 1.807) is 24.3 Å². The molecule has 28 heavy (non-hydrogen) atoms. The average molecular weight is 390 g/mol. The summed E-state index contributed by atoms with van der Waals surface area (Å²) >= 11 is 0. The van der Waals surface area contributed by atoms with Crippen molar-refractivity contribution >= 4 is 23.2 Å². The van der Waals surface area contributed by atoms with Crippen molar-refractivity contribution in [3.63, 3.8) is 0 Å². The van der Waals surface area contributed by atoms with Crippen molar-refractivity contribution in [2.75, 3.05) is 17.0 Å². The van der Waals surface area contributed by atoms with E-state index in [9.17, 15) is 22.8 Å². The second-order valence-corrected chi connectivity index (χ2v) is 6.19. The Balaban J connectivity index is 1.62. The van der Waals surface area contributed by atoms with Gasteiger partial charge in [-0.3, -0.25) is 9.59 Å². The third-order valence-electron chi connectivity index (χ3n) is 4.57. The van der Waals surface area contributed by atoms with Crippen molar-refractivity contribution in [2.24, 2.45) is 10.3 Å². The van der Waals surface area contributed by atoms with Crippen molar-refractivity contribution in [3.8, 4) is 5.75 Å². The number of alkyl halides is 3. The maximum absolute atomic E-state index is 12.9. The molecule has 7 nitrogen and oxygen atoms in total. The molecule has 2 atom stereocenters. The molecule has 2 aromatic rings. The number of imide groups is 1. The molecule has 0 unspecified atom stereocenters. The molecule has 2 aliphatic heterocycles. The minimum absolute atomic E-state index is 0.238. The fourth-order valence-corrected chi connectivity index (χ4v) is 3.16. The minimum Gasteiger partial charge on any atom is -0.497 e. The minimum atomic E-state index is -4.47. The Kier molecular flexibility index (Phi) is 4.06. The van der Waals surface area contributed by atoms with E-state index in [1.807, 2.05) is 0 Å². The molecule has 10 heteroatoms. The Hall–Kier alpha value is -3.43. The Labute approximate surface area is 157 Å². The molecule has 1 saturated heterocycles. The van der Waals surface area contributed by atoms with Crippen LogP contribution in [0, 0.1) is 0 Å². The van der Waals surface area contributed by atoms with Crippen molar-refractivity contribution in [1.82, 2.24) is 0 Å². The number of anilines is 2. The van der Waals surface area contributed by atoms with Crippen LogP contribution in [0.5, 0.6) is 5.75 Å². The zero-order chi connectivity index (χ0) is 20.1. The van der Waals surface area contributed by atoms with Crippen LogP contribution in [0.1, 0.15) is 5.56 Å². The number of fused-ring (bicyclic) bond motifs is 1. The number of carbonyl (C=O) groups is 2. The fourth-order valence-electron chi connectivity index (χ4n) is 3.16. The van der Waals surface area contributed by atoms with Crippen molar-refractivity contribution in [3.05, 3.63) is 54.1 Å². The van der Waals surface area contributed by atoms with E-state index in [4.69, 9.17) is 4.74 Å². The molecule has 0 saturated carbocycles. The zero-order valence-electron chi connectivity index (χ0n) is 14.4. The van der Waals surface area contributed by atoms with Crippen molar-refractivity contribution < 1.29 is 27.5 Å². The van der Waals surface area contributed by atoms with Crippen LogP contribution in [-0.4, -0.2) is 31.0 Å². The molecule has 144 valence electrons. The van der Waals surface area contributed by atoms with E-state index in [0.717, 1.165) is 17.0 Å². The summed E-state index contributed by atoms with van der Waals surface area (Å²) in [7, 11) is 1.49. The van der Waals surface area contributed by atoms with Crippen molar-refractivity contribution in [2.45, 2.75) is 18.3 Å². The van der Waals surface area contributed by atoms with Gasteiger partial charge in [0.05, 0.1) is 24.0 Å². The van der Waals surface area contributed by atoms with Crippen LogP contribution < -0.4 is 14.6 Å². The maximum Gasteiger partial charge on any atom is 0.416 e. The number of methoxy groups -OCH3 is 1. The number of nitrogens with zero attached hydrogens (tertiary/aromatic N) is 4. The number of ether oxygens (including phenoxy) is 1. The SMILES string of the molecule is COc1ccc(N2C(=O)[C@H]3N=NN(c4ccc(C(F)(F)F)cc4)[C@@H]3C2=O)cc1. The molecular formula is C18H13F3N4O3. The topological polar surface area (TPSA) is 74.6 Å². The summed E-state index contributed by atoms with van der Waals surface area (Å²) in [5.41, 5.74) is -0.229. The molecule has 0 bridgehead atoms. The van der Waals surface area contributed by atoms with Crippen LogP contribution in [-0.2, 0) is 15.8 Å². The molecule has 0 spiro atoms. The van der Waals surface area contributed by atoms with E-state index >= 15 is 0 Å². The molecule has 0 aromatic heterocycles.